The lowest BCUT2D eigenvalue weighted by molar-refractivity contribution is 0.0697. The number of carboxylic acids is 1. The third kappa shape index (κ3) is 3.95. The van der Waals surface area contributed by atoms with Crippen molar-refractivity contribution in [2.24, 2.45) is 0 Å². The summed E-state index contributed by atoms with van der Waals surface area (Å²) in [6.07, 6.45) is 1.64. The number of nitrogens with one attached hydrogen (secondary N) is 1. The number of phenols is 1. The van der Waals surface area contributed by atoms with Crippen LogP contribution >= 0.6 is 34.3 Å². The van der Waals surface area contributed by atoms with E-state index in [0.29, 0.717) is 5.13 Å². The highest BCUT2D eigenvalue weighted by Crippen LogP contribution is 2.37. The number of nitrogens with zero attached hydrogens (tertiary/aromatic N) is 2. The van der Waals surface area contributed by atoms with E-state index < -0.39 is 5.97 Å². The van der Waals surface area contributed by atoms with Crippen LogP contribution in [0, 0.1) is 6.92 Å². The van der Waals surface area contributed by atoms with Gasteiger partial charge in [-0.15, -0.1) is 11.3 Å². The van der Waals surface area contributed by atoms with Gasteiger partial charge < -0.3 is 15.5 Å². The van der Waals surface area contributed by atoms with Gasteiger partial charge in [-0.25, -0.2) is 14.8 Å². The van der Waals surface area contributed by atoms with Gasteiger partial charge in [-0.1, -0.05) is 29.0 Å². The van der Waals surface area contributed by atoms with Gasteiger partial charge in [-0.05, 0) is 48.2 Å². The van der Waals surface area contributed by atoms with E-state index in [-0.39, 0.29) is 22.2 Å². The summed E-state index contributed by atoms with van der Waals surface area (Å²) in [7, 11) is 0. The Morgan fingerprint density at radius 3 is 2.72 bits per heavy atom. The Morgan fingerprint density at radius 1 is 1.21 bits per heavy atom. The Kier molecular flexibility index (Phi) is 5.23. The largest absolute Gasteiger partial charge is 0.506 e. The molecule has 0 fully saturated rings. The summed E-state index contributed by atoms with van der Waals surface area (Å²) in [5, 5.41) is 25.0. The number of rotatable bonds is 5. The molecule has 3 aromatic heterocycles. The van der Waals surface area contributed by atoms with E-state index in [0.717, 1.165) is 26.6 Å². The first kappa shape index (κ1) is 19.4. The van der Waals surface area contributed by atoms with Crippen molar-refractivity contribution in [3.8, 4) is 26.6 Å². The number of aromatic carboxylic acids is 1. The minimum atomic E-state index is -1.07. The number of carbonyl (C=O) groups is 1. The van der Waals surface area contributed by atoms with Crippen LogP contribution in [0.15, 0.2) is 48.0 Å². The average Bonchev–Trinajstić information content (AvgIpc) is 3.34. The molecule has 9 heteroatoms. The fourth-order valence-electron chi connectivity index (χ4n) is 2.77. The van der Waals surface area contributed by atoms with Crippen molar-refractivity contribution < 1.29 is 15.0 Å². The zero-order valence-electron chi connectivity index (χ0n) is 15.0. The lowest BCUT2D eigenvalue weighted by atomic mass is 10.1. The third-order valence-corrected chi connectivity index (χ3v) is 6.50. The molecule has 29 heavy (non-hydrogen) atoms. The summed E-state index contributed by atoms with van der Waals surface area (Å²) in [5.74, 6) is -0.837. The molecule has 146 valence electrons. The number of aromatic hydroxyl groups is 1. The molecule has 4 aromatic rings. The minimum absolute atomic E-state index is 0.0112. The number of hydrogen-bond donors (Lipinski definition) is 3. The van der Waals surface area contributed by atoms with E-state index in [2.05, 4.69) is 15.3 Å². The Hall–Kier alpha value is -2.94. The van der Waals surface area contributed by atoms with E-state index in [1.807, 2.05) is 24.4 Å². The van der Waals surface area contributed by atoms with E-state index in [9.17, 15) is 15.0 Å². The Labute approximate surface area is 179 Å². The zero-order chi connectivity index (χ0) is 20.5. The maximum absolute atomic E-state index is 11.8. The van der Waals surface area contributed by atoms with Crippen LogP contribution < -0.4 is 5.32 Å². The molecular formula is C20H14ClN3O3S2. The molecule has 0 saturated heterocycles. The van der Waals surface area contributed by atoms with Crippen LogP contribution in [0.1, 0.15) is 16.1 Å². The van der Waals surface area contributed by atoms with Crippen LogP contribution in [-0.2, 0) is 0 Å². The standard InChI is InChI=1S/C20H14ClN3O3S2/c1-10-17(11-4-5-15(25)14(21)8-11)29-20(23-10)24-18-13(19(26)27)7-12(9-22-18)16-3-2-6-28-16/h2-9,25H,1H3,(H,26,27)(H,22,23,24). The predicted molar refractivity (Wildman–Crippen MR) is 117 cm³/mol. The number of carboxylic acid groups (broad SMARTS) is 1. The SMILES string of the molecule is Cc1nc(Nc2ncc(-c3cccs3)cc2C(=O)O)sc1-c1ccc(O)c(Cl)c1. The van der Waals surface area contributed by atoms with E-state index >= 15 is 0 Å². The molecule has 0 unspecified atom stereocenters. The number of hydrogen-bond acceptors (Lipinski definition) is 7. The third-order valence-electron chi connectivity index (χ3n) is 4.16. The van der Waals surface area contributed by atoms with Crippen molar-refractivity contribution >= 4 is 51.2 Å². The molecule has 4 rings (SSSR count). The van der Waals surface area contributed by atoms with Gasteiger partial charge in [-0.3, -0.25) is 0 Å². The number of anilines is 2. The van der Waals surface area contributed by atoms with E-state index in [1.165, 1.54) is 28.7 Å². The highest BCUT2D eigenvalue weighted by Gasteiger charge is 2.17. The van der Waals surface area contributed by atoms with Gasteiger partial charge in [0.25, 0.3) is 0 Å². The Bertz CT molecular complexity index is 1210. The van der Waals surface area contributed by atoms with Gasteiger partial charge in [0, 0.05) is 16.6 Å². The molecule has 0 saturated carbocycles. The first-order valence-corrected chi connectivity index (χ1v) is 10.5. The van der Waals surface area contributed by atoms with Crippen molar-refractivity contribution in [2.45, 2.75) is 6.92 Å². The summed E-state index contributed by atoms with van der Waals surface area (Å²) < 4.78 is 0. The molecular weight excluding hydrogens is 430 g/mol. The molecule has 0 bridgehead atoms. The highest BCUT2D eigenvalue weighted by molar-refractivity contribution is 7.19. The summed E-state index contributed by atoms with van der Waals surface area (Å²) in [6.45, 7) is 1.85. The zero-order valence-corrected chi connectivity index (χ0v) is 17.4. The number of pyridine rings is 1. The number of benzene rings is 1. The summed E-state index contributed by atoms with van der Waals surface area (Å²) in [5.41, 5.74) is 2.39. The van der Waals surface area contributed by atoms with Gasteiger partial charge >= 0.3 is 5.97 Å². The lowest BCUT2D eigenvalue weighted by Crippen LogP contribution is -2.05. The normalized spacial score (nSPS) is 10.8. The molecule has 0 amide bonds. The molecule has 0 atom stereocenters. The van der Waals surface area contributed by atoms with Gasteiger partial charge in [-0.2, -0.15) is 0 Å². The number of thiophene rings is 1. The maximum atomic E-state index is 11.8. The predicted octanol–water partition coefficient (Wildman–Crippen LogP) is 6.04. The second-order valence-corrected chi connectivity index (χ2v) is 8.48. The summed E-state index contributed by atoms with van der Waals surface area (Å²) >= 11 is 8.88. The number of aryl methyl sites for hydroxylation is 1. The fraction of sp³-hybridized carbons (Fsp3) is 0.0500. The second kappa shape index (κ2) is 7.82. The molecule has 0 spiro atoms. The first-order valence-electron chi connectivity index (χ1n) is 8.43. The number of halogens is 1. The molecule has 0 radical (unpaired) electrons. The van der Waals surface area contributed by atoms with Crippen molar-refractivity contribution in [2.75, 3.05) is 5.32 Å². The lowest BCUT2D eigenvalue weighted by Gasteiger charge is -2.07. The van der Waals surface area contributed by atoms with Crippen LogP contribution in [0.2, 0.25) is 5.02 Å². The summed E-state index contributed by atoms with van der Waals surface area (Å²) in [4.78, 5) is 22.4. The van der Waals surface area contributed by atoms with E-state index in [1.54, 1.807) is 24.4 Å². The van der Waals surface area contributed by atoms with E-state index in [4.69, 9.17) is 11.6 Å². The number of thiazole rings is 1. The quantitative estimate of drug-likeness (QED) is 0.348. The van der Waals surface area contributed by atoms with Crippen LogP contribution in [-0.4, -0.2) is 26.2 Å². The molecule has 6 nitrogen and oxygen atoms in total. The summed E-state index contributed by atoms with van der Waals surface area (Å²) in [6, 6.07) is 10.4. The van der Waals surface area contributed by atoms with Crippen molar-refractivity contribution in [3.05, 3.63) is 64.3 Å². The minimum Gasteiger partial charge on any atom is -0.506 e. The van der Waals surface area contributed by atoms with Crippen molar-refractivity contribution in [3.63, 3.8) is 0 Å². The molecule has 0 aliphatic heterocycles. The highest BCUT2D eigenvalue weighted by atomic mass is 35.5. The monoisotopic (exact) mass is 443 g/mol. The Balaban J connectivity index is 1.67. The van der Waals surface area contributed by atoms with Gasteiger partial charge in [0.05, 0.1) is 15.6 Å². The molecule has 0 aliphatic carbocycles. The van der Waals surface area contributed by atoms with Gasteiger partial charge in [0.15, 0.2) is 5.13 Å². The molecule has 3 N–H and O–H groups in total. The second-order valence-electron chi connectivity index (χ2n) is 6.13. The van der Waals surface area contributed by atoms with Crippen LogP contribution in [0.25, 0.3) is 20.9 Å². The van der Waals surface area contributed by atoms with Crippen LogP contribution in [0.4, 0.5) is 10.9 Å². The van der Waals surface area contributed by atoms with Crippen LogP contribution in [0.3, 0.4) is 0 Å². The van der Waals surface area contributed by atoms with Crippen molar-refractivity contribution in [1.29, 1.82) is 0 Å². The fourth-order valence-corrected chi connectivity index (χ4v) is 4.62. The number of phenolic OH excluding ortho intramolecular Hbond substituents is 1. The first-order chi connectivity index (χ1) is 13.9. The average molecular weight is 444 g/mol. The molecule has 3 heterocycles. The molecule has 0 aliphatic rings. The van der Waals surface area contributed by atoms with Crippen molar-refractivity contribution in [1.82, 2.24) is 9.97 Å². The van der Waals surface area contributed by atoms with Gasteiger partial charge in [0.2, 0.25) is 0 Å². The topological polar surface area (TPSA) is 95.3 Å². The van der Waals surface area contributed by atoms with Crippen LogP contribution in [0.5, 0.6) is 5.75 Å². The number of aromatic nitrogens is 2. The smallest absolute Gasteiger partial charge is 0.339 e. The van der Waals surface area contributed by atoms with Gasteiger partial charge in [0.1, 0.15) is 17.1 Å². The Morgan fingerprint density at radius 2 is 2.03 bits per heavy atom. The maximum Gasteiger partial charge on any atom is 0.339 e. The molecule has 1 aromatic carbocycles.